The van der Waals surface area contributed by atoms with E-state index in [1.54, 1.807) is 0 Å². The van der Waals surface area contributed by atoms with E-state index in [1.807, 2.05) is 82.7 Å². The highest BCUT2D eigenvalue weighted by Crippen LogP contribution is 2.56. The second-order valence-electron chi connectivity index (χ2n) is 32.6. The summed E-state index contributed by atoms with van der Waals surface area (Å²) in [6, 6.07) is 160. The molecule has 0 spiro atoms. The van der Waals surface area contributed by atoms with Gasteiger partial charge in [0.05, 0.1) is 38.5 Å². The Kier molecular flexibility index (Phi) is 19.2. The van der Waals surface area contributed by atoms with E-state index in [9.17, 15) is 0 Å². The van der Waals surface area contributed by atoms with Crippen LogP contribution < -0.4 is 20.7 Å². The minimum absolute atomic E-state index is 0.164. The second kappa shape index (κ2) is 32.1. The average molecular weight is 1720 g/mol. The molecule has 0 radical (unpaired) electrons. The number of halogens is 1. The van der Waals surface area contributed by atoms with Crippen molar-refractivity contribution in [3.8, 4) is 62.9 Å². The van der Waals surface area contributed by atoms with E-state index in [1.165, 1.54) is 84.4 Å². The summed E-state index contributed by atoms with van der Waals surface area (Å²) in [6.07, 6.45) is 0. The van der Waals surface area contributed by atoms with Gasteiger partial charge in [0.15, 0.2) is 19.7 Å². The van der Waals surface area contributed by atoms with Gasteiger partial charge in [-0.15, -0.1) is 0 Å². The third kappa shape index (κ3) is 13.0. The maximum absolute atomic E-state index is 6.40. The van der Waals surface area contributed by atoms with Crippen LogP contribution in [-0.4, -0.2) is 56.7 Å². The fourth-order valence-corrected chi connectivity index (χ4v) is 28.2. The molecule has 129 heavy (non-hydrogen) atoms. The normalized spacial score (nSPS) is 12.9. The lowest BCUT2D eigenvalue weighted by molar-refractivity contribution is 0.703. The lowest BCUT2D eigenvalue weighted by Crippen LogP contribution is -2.76. The Morgan fingerprint density at radius 3 is 1.12 bits per heavy atom. The second-order valence-corrected chi connectivity index (χ2v) is 38.8. The Bertz CT molecular complexity index is 8310. The summed E-state index contributed by atoms with van der Waals surface area (Å²) in [6.45, 7) is 0. The van der Waals surface area contributed by atoms with Crippen LogP contribution in [0.5, 0.6) is 0 Å². The number of aromatic nitrogens is 10. The molecule has 14 heteroatoms. The highest BCUT2D eigenvalue weighted by molar-refractivity contribution is 8.00. The SMILES string of the molecule is Clc1nc(-c2cccc(-c3ccccc3)c2)nc(-n2c3ccccc3c3ccccc32)n1.c1ccc(-c2cccc(-c3nc(-n4c5ccccc5c5ccccc54)nc(-n4c5ccccc5c5ccc([Si]6(c7ccccc7)c7ccccc7Sc7ccccc76)cc54)n3)c2)cc1.c1ccc(C2(c3ccc4c(c3)[nH]c3ccccc34)c3ccccc3Sc3ccccc32)cc1. The third-order valence-corrected chi connectivity index (χ3v) is 33.2. The largest absolute Gasteiger partial charge is 0.355 e. The highest BCUT2D eigenvalue weighted by Gasteiger charge is 2.48. The molecule has 608 valence electrons. The first-order chi connectivity index (χ1) is 63.9. The molecule has 0 fully saturated rings. The fraction of sp³-hybridized carbons (Fsp3) is 0.00870. The molecule has 0 atom stereocenters. The zero-order valence-electron chi connectivity index (χ0n) is 69.4. The van der Waals surface area contributed by atoms with Crippen LogP contribution in [0.1, 0.15) is 22.3 Å². The Morgan fingerprint density at radius 1 is 0.240 bits per heavy atom. The predicted octanol–water partition coefficient (Wildman–Crippen LogP) is 26.4. The molecule has 0 aliphatic carbocycles. The van der Waals surface area contributed by atoms with Gasteiger partial charge in [-0.05, 0) is 162 Å². The Morgan fingerprint density at radius 2 is 0.605 bits per heavy atom. The lowest BCUT2D eigenvalue weighted by atomic mass is 9.64. The van der Waals surface area contributed by atoms with Crippen LogP contribution >= 0.6 is 35.1 Å². The minimum Gasteiger partial charge on any atom is -0.355 e. The van der Waals surface area contributed by atoms with Crippen molar-refractivity contribution in [1.82, 2.24) is 48.6 Å². The monoisotopic (exact) mass is 1720 g/mol. The van der Waals surface area contributed by atoms with Crippen molar-refractivity contribution in [2.24, 2.45) is 0 Å². The minimum atomic E-state index is -2.88. The first-order valence-electron chi connectivity index (χ1n) is 43.2. The zero-order valence-corrected chi connectivity index (χ0v) is 72.8. The van der Waals surface area contributed by atoms with Gasteiger partial charge in [-0.1, -0.05) is 388 Å². The number of nitrogens with zero attached hydrogens (tertiary/aromatic N) is 9. The molecule has 6 aromatic heterocycles. The molecule has 26 rings (SSSR count). The summed E-state index contributed by atoms with van der Waals surface area (Å²) < 4.78 is 6.52. The van der Waals surface area contributed by atoms with Crippen molar-refractivity contribution in [3.05, 3.63) is 476 Å². The van der Waals surface area contributed by atoms with Crippen LogP contribution in [-0.2, 0) is 5.41 Å². The quantitative estimate of drug-likeness (QED) is 0.128. The van der Waals surface area contributed by atoms with E-state index < -0.39 is 8.07 Å². The van der Waals surface area contributed by atoms with Gasteiger partial charge in [0.25, 0.3) is 0 Å². The third-order valence-electron chi connectivity index (χ3n) is 25.5. The molecule has 0 saturated heterocycles. The van der Waals surface area contributed by atoms with Crippen LogP contribution in [0.2, 0.25) is 5.28 Å². The molecular formula is C115H75ClN10S2Si. The van der Waals surface area contributed by atoms with Gasteiger partial charge in [-0.2, -0.15) is 29.9 Å². The van der Waals surface area contributed by atoms with Gasteiger partial charge in [0, 0.05) is 84.8 Å². The lowest BCUT2D eigenvalue weighted by Gasteiger charge is -2.41. The summed E-state index contributed by atoms with van der Waals surface area (Å²) in [5, 5.41) is 15.1. The average Bonchev–Trinajstić information content (AvgIpc) is 1.58. The first kappa shape index (κ1) is 77.0. The topological polar surface area (TPSA) is 108 Å². The van der Waals surface area contributed by atoms with Crippen molar-refractivity contribution < 1.29 is 0 Å². The van der Waals surface area contributed by atoms with Gasteiger partial charge in [-0.25, -0.2) is 0 Å². The number of H-pyrrole nitrogens is 1. The number of benzene rings is 18. The summed E-state index contributed by atoms with van der Waals surface area (Å²) in [5.74, 6) is 2.77. The molecule has 2 aliphatic heterocycles. The van der Waals surface area contributed by atoms with Crippen molar-refractivity contribution >= 4 is 151 Å². The molecular weight excluding hydrogens is 1650 g/mol. The van der Waals surface area contributed by atoms with E-state index in [0.29, 0.717) is 29.5 Å². The van der Waals surface area contributed by atoms with Crippen molar-refractivity contribution in [1.29, 1.82) is 0 Å². The first-order valence-corrected chi connectivity index (χ1v) is 47.2. The maximum Gasteiger partial charge on any atom is 0.240 e. The summed E-state index contributed by atoms with van der Waals surface area (Å²) in [7, 11) is -2.88. The molecule has 0 amide bonds. The number of fused-ring (bicyclic) bond motifs is 16. The van der Waals surface area contributed by atoms with Crippen molar-refractivity contribution in [3.63, 3.8) is 0 Å². The molecule has 2 aliphatic rings. The number of para-hydroxylation sites is 6. The molecule has 1 N–H and O–H groups in total. The smallest absolute Gasteiger partial charge is 0.240 e. The molecule has 10 nitrogen and oxygen atoms in total. The highest BCUT2D eigenvalue weighted by atomic mass is 35.5. The van der Waals surface area contributed by atoms with Crippen LogP contribution in [0.15, 0.2) is 468 Å². The van der Waals surface area contributed by atoms with Gasteiger partial charge in [0.2, 0.25) is 23.1 Å². The van der Waals surface area contributed by atoms with Crippen LogP contribution in [0.4, 0.5) is 0 Å². The van der Waals surface area contributed by atoms with Crippen LogP contribution in [0.25, 0.3) is 150 Å². The number of aromatic amines is 1. The van der Waals surface area contributed by atoms with E-state index in [0.717, 1.165) is 98.8 Å². The Hall–Kier alpha value is -15.6. The number of nitrogens with one attached hydrogen (secondary N) is 1. The van der Waals surface area contributed by atoms with Crippen LogP contribution in [0.3, 0.4) is 0 Å². The maximum atomic E-state index is 6.40. The van der Waals surface area contributed by atoms with E-state index in [4.69, 9.17) is 31.5 Å². The standard InChI is InChI=1S/C57H37N5SSi.C31H21NS.C27H17ClN4/c1-3-18-38(19-4-1)39-20-17-21-40(36-39)55-58-56(61-47-27-10-7-24-43(47)44-25-8-11-28-48(44)61)60-57(59-55)62-49-29-12-9-26-45(49)46-35-34-42(37-50(46)62)64(41-22-5-2-6-23-41)53-32-15-13-30-51(53)63-52-31-14-16-33-54(52)64;1-2-10-21(11-3-1)31(22-18-19-24-23-12-4-7-15-27(23)32-28(24)20-22)25-13-5-8-16-29(25)33-30-17-9-6-14-26(30)31;28-26-29-25(20-12-8-11-19(17-20)18-9-2-1-3-10-18)30-27(31-26)32-23-15-6-4-13-21(23)22-14-5-7-16-24(22)32/h1-37H;1-20,32H;1-17H. The van der Waals surface area contributed by atoms with E-state index in [2.05, 4.69) is 418 Å². The predicted molar refractivity (Wildman–Crippen MR) is 535 cm³/mol. The number of rotatable bonds is 11. The van der Waals surface area contributed by atoms with Gasteiger partial charge in [-0.3, -0.25) is 13.7 Å². The number of hydrogen-bond donors (Lipinski definition) is 1. The van der Waals surface area contributed by atoms with Gasteiger partial charge in [0.1, 0.15) is 0 Å². The molecule has 8 heterocycles. The Labute approximate surface area is 758 Å². The van der Waals surface area contributed by atoms with Crippen molar-refractivity contribution in [2.75, 3.05) is 0 Å². The molecule has 0 saturated carbocycles. The molecule has 18 aromatic carbocycles. The van der Waals surface area contributed by atoms with E-state index in [-0.39, 0.29) is 10.7 Å². The van der Waals surface area contributed by atoms with Gasteiger partial charge < -0.3 is 4.98 Å². The summed E-state index contributed by atoms with van der Waals surface area (Å²) in [5.41, 5.74) is 19.7. The number of hydrogen-bond acceptors (Lipinski definition) is 8. The van der Waals surface area contributed by atoms with Crippen LogP contribution in [0, 0.1) is 0 Å². The van der Waals surface area contributed by atoms with Crippen molar-refractivity contribution in [2.45, 2.75) is 25.0 Å². The molecule has 24 aromatic rings. The molecule has 0 unspecified atom stereocenters. The summed E-state index contributed by atoms with van der Waals surface area (Å²) >= 11 is 10.2. The van der Waals surface area contributed by atoms with Gasteiger partial charge >= 0.3 is 0 Å². The summed E-state index contributed by atoms with van der Waals surface area (Å²) in [4.78, 5) is 39.1. The van der Waals surface area contributed by atoms with E-state index >= 15 is 0 Å². The molecule has 0 bridgehead atoms. The fourth-order valence-electron chi connectivity index (χ4n) is 19.9. The zero-order chi connectivity index (χ0) is 85.5. The Balaban J connectivity index is 0.000000119.